The smallest absolute Gasteiger partial charge is 0.307 e. The van der Waals surface area contributed by atoms with Crippen LogP contribution in [0.2, 0.25) is 0 Å². The lowest BCUT2D eigenvalue weighted by Gasteiger charge is -2.16. The van der Waals surface area contributed by atoms with Gasteiger partial charge in [-0.2, -0.15) is 0 Å². The van der Waals surface area contributed by atoms with E-state index in [4.69, 9.17) is 22.0 Å². The number of carboxylic acids is 1. The Kier molecular flexibility index (Phi) is 6.44. The van der Waals surface area contributed by atoms with Crippen LogP contribution in [-0.2, 0) is 4.79 Å². The first-order valence-electron chi connectivity index (χ1n) is 4.97. The molecule has 6 N–H and O–H groups in total. The zero-order valence-corrected chi connectivity index (χ0v) is 9.07. The summed E-state index contributed by atoms with van der Waals surface area (Å²) in [5, 5.41) is 15.8. The Morgan fingerprint density at radius 2 is 2.13 bits per heavy atom. The number of unbranched alkanes of at least 4 members (excludes halogenated alkanes) is 1. The van der Waals surface area contributed by atoms with Gasteiger partial charge in [0, 0.05) is 20.1 Å². The van der Waals surface area contributed by atoms with E-state index in [1.165, 1.54) is 0 Å². The molecule has 0 aliphatic heterocycles. The van der Waals surface area contributed by atoms with E-state index in [1.54, 1.807) is 11.9 Å². The molecule has 0 aromatic rings. The van der Waals surface area contributed by atoms with Gasteiger partial charge in [-0.1, -0.05) is 6.42 Å². The van der Waals surface area contributed by atoms with Crippen molar-refractivity contribution in [2.24, 2.45) is 17.4 Å². The van der Waals surface area contributed by atoms with Gasteiger partial charge in [0.05, 0.1) is 5.92 Å². The lowest BCUT2D eigenvalue weighted by Crippen LogP contribution is -2.33. The number of guanidine groups is 1. The molecule has 0 aliphatic carbocycles. The van der Waals surface area contributed by atoms with Gasteiger partial charge in [0.2, 0.25) is 0 Å². The summed E-state index contributed by atoms with van der Waals surface area (Å²) in [6.07, 6.45) is 2.18. The van der Waals surface area contributed by atoms with Crippen LogP contribution in [0.5, 0.6) is 0 Å². The lowest BCUT2D eigenvalue weighted by atomic mass is 10.0. The fraction of sp³-hybridized carbons (Fsp3) is 0.778. The van der Waals surface area contributed by atoms with Crippen LogP contribution in [0.3, 0.4) is 0 Å². The minimum absolute atomic E-state index is 0.0311. The molecule has 1 unspecified atom stereocenters. The van der Waals surface area contributed by atoms with E-state index >= 15 is 0 Å². The topological polar surface area (TPSA) is 116 Å². The molecule has 0 saturated carbocycles. The predicted molar refractivity (Wildman–Crippen MR) is 58.6 cm³/mol. The van der Waals surface area contributed by atoms with Crippen molar-refractivity contribution in [1.29, 1.82) is 5.41 Å². The summed E-state index contributed by atoms with van der Waals surface area (Å²) >= 11 is 0. The molecule has 0 aromatic carbocycles. The molecule has 0 radical (unpaired) electrons. The number of aliphatic carboxylic acids is 1. The van der Waals surface area contributed by atoms with Crippen molar-refractivity contribution < 1.29 is 9.90 Å². The Balaban J connectivity index is 3.61. The normalized spacial score (nSPS) is 12.1. The van der Waals surface area contributed by atoms with Gasteiger partial charge in [-0.25, -0.2) is 0 Å². The summed E-state index contributed by atoms with van der Waals surface area (Å²) in [4.78, 5) is 12.2. The third-order valence-electron chi connectivity index (χ3n) is 2.34. The van der Waals surface area contributed by atoms with Gasteiger partial charge >= 0.3 is 5.97 Å². The fourth-order valence-corrected chi connectivity index (χ4v) is 1.20. The molecule has 0 bridgehead atoms. The highest BCUT2D eigenvalue weighted by Crippen LogP contribution is 2.07. The number of carboxylic acid groups (broad SMARTS) is 1. The Morgan fingerprint density at radius 3 is 2.53 bits per heavy atom. The van der Waals surface area contributed by atoms with Gasteiger partial charge in [-0.05, 0) is 12.8 Å². The first-order valence-corrected chi connectivity index (χ1v) is 4.97. The van der Waals surface area contributed by atoms with E-state index in [0.29, 0.717) is 13.0 Å². The van der Waals surface area contributed by atoms with Crippen LogP contribution >= 0.6 is 0 Å². The van der Waals surface area contributed by atoms with E-state index in [2.05, 4.69) is 0 Å². The van der Waals surface area contributed by atoms with Crippen molar-refractivity contribution in [2.45, 2.75) is 19.3 Å². The number of nitrogens with zero attached hydrogens (tertiary/aromatic N) is 1. The maximum atomic E-state index is 10.6. The molecule has 0 saturated heterocycles. The molecule has 6 nitrogen and oxygen atoms in total. The maximum Gasteiger partial charge on any atom is 0.307 e. The molecule has 0 aromatic heterocycles. The molecule has 6 heteroatoms. The molecule has 1 atom stereocenters. The summed E-state index contributed by atoms with van der Waals surface area (Å²) in [5.74, 6) is -1.26. The van der Waals surface area contributed by atoms with E-state index in [0.717, 1.165) is 12.8 Å². The van der Waals surface area contributed by atoms with E-state index in [-0.39, 0.29) is 12.5 Å². The van der Waals surface area contributed by atoms with Gasteiger partial charge in [-0.15, -0.1) is 0 Å². The first kappa shape index (κ1) is 13.7. The zero-order valence-electron chi connectivity index (χ0n) is 9.07. The van der Waals surface area contributed by atoms with E-state index < -0.39 is 11.9 Å². The number of nitrogens with one attached hydrogen (secondary N) is 1. The Bertz CT molecular complexity index is 220. The summed E-state index contributed by atoms with van der Waals surface area (Å²) < 4.78 is 0. The van der Waals surface area contributed by atoms with Crippen LogP contribution in [0.4, 0.5) is 0 Å². The largest absolute Gasteiger partial charge is 0.481 e. The minimum Gasteiger partial charge on any atom is -0.481 e. The summed E-state index contributed by atoms with van der Waals surface area (Å²) in [6.45, 7) is 0.851. The number of nitrogens with two attached hydrogens (primary N) is 2. The summed E-state index contributed by atoms with van der Waals surface area (Å²) in [5.41, 5.74) is 10.6. The number of hydrogen-bond donors (Lipinski definition) is 4. The van der Waals surface area contributed by atoms with E-state index in [1.807, 2.05) is 0 Å². The fourth-order valence-electron chi connectivity index (χ4n) is 1.20. The van der Waals surface area contributed by atoms with Crippen molar-refractivity contribution in [3.05, 3.63) is 0 Å². The van der Waals surface area contributed by atoms with Crippen molar-refractivity contribution in [2.75, 3.05) is 20.1 Å². The highest BCUT2D eigenvalue weighted by molar-refractivity contribution is 5.74. The van der Waals surface area contributed by atoms with Crippen molar-refractivity contribution >= 4 is 11.9 Å². The third kappa shape index (κ3) is 5.90. The highest BCUT2D eigenvalue weighted by atomic mass is 16.4. The average Bonchev–Trinajstić information content (AvgIpc) is 2.16. The first-order chi connectivity index (χ1) is 6.99. The highest BCUT2D eigenvalue weighted by Gasteiger charge is 2.14. The minimum atomic E-state index is -0.836. The second-order valence-electron chi connectivity index (χ2n) is 3.57. The van der Waals surface area contributed by atoms with Gasteiger partial charge in [-0.3, -0.25) is 10.2 Å². The van der Waals surface area contributed by atoms with Crippen molar-refractivity contribution in [3.8, 4) is 0 Å². The van der Waals surface area contributed by atoms with Crippen LogP contribution in [-0.4, -0.2) is 42.1 Å². The van der Waals surface area contributed by atoms with Gasteiger partial charge in [0.1, 0.15) is 0 Å². The number of hydrogen-bond acceptors (Lipinski definition) is 3. The SMILES string of the molecule is CN(CCCCC(CN)C(=O)O)C(=N)N. The molecule has 0 spiro atoms. The molecule has 0 heterocycles. The van der Waals surface area contributed by atoms with Crippen molar-refractivity contribution in [3.63, 3.8) is 0 Å². The van der Waals surface area contributed by atoms with Crippen LogP contribution in [0.15, 0.2) is 0 Å². The molecule has 0 aliphatic rings. The molecule has 15 heavy (non-hydrogen) atoms. The van der Waals surface area contributed by atoms with Crippen LogP contribution in [0.25, 0.3) is 0 Å². The molecule has 0 rings (SSSR count). The van der Waals surface area contributed by atoms with Crippen LogP contribution in [0.1, 0.15) is 19.3 Å². The molecule has 88 valence electrons. The average molecular weight is 216 g/mol. The molecular formula is C9H20N4O2. The Labute approximate surface area is 89.7 Å². The molecule has 0 amide bonds. The Hall–Kier alpha value is -1.30. The lowest BCUT2D eigenvalue weighted by molar-refractivity contribution is -0.141. The zero-order chi connectivity index (χ0) is 11.8. The van der Waals surface area contributed by atoms with Crippen LogP contribution in [0, 0.1) is 11.3 Å². The van der Waals surface area contributed by atoms with Gasteiger partial charge < -0.3 is 21.5 Å². The van der Waals surface area contributed by atoms with Gasteiger partial charge in [0.25, 0.3) is 0 Å². The number of carbonyl (C=O) groups is 1. The summed E-state index contributed by atoms with van der Waals surface area (Å²) in [6, 6.07) is 0. The third-order valence-corrected chi connectivity index (χ3v) is 2.34. The van der Waals surface area contributed by atoms with Crippen molar-refractivity contribution in [1.82, 2.24) is 4.90 Å². The monoisotopic (exact) mass is 216 g/mol. The van der Waals surface area contributed by atoms with Crippen LogP contribution < -0.4 is 11.5 Å². The Morgan fingerprint density at radius 1 is 1.53 bits per heavy atom. The molecule has 0 fully saturated rings. The molecular weight excluding hydrogens is 196 g/mol. The number of rotatable bonds is 7. The quantitative estimate of drug-likeness (QED) is 0.263. The standard InChI is InChI=1S/C9H20N4O2/c1-13(9(11)12)5-3-2-4-7(6-10)8(14)15/h7H,2-6,10H2,1H3,(H3,11,12)(H,14,15). The second-order valence-corrected chi connectivity index (χ2v) is 3.57. The second kappa shape index (κ2) is 7.05. The maximum absolute atomic E-state index is 10.6. The van der Waals surface area contributed by atoms with Gasteiger partial charge in [0.15, 0.2) is 5.96 Å². The summed E-state index contributed by atoms with van der Waals surface area (Å²) in [7, 11) is 1.74. The van der Waals surface area contributed by atoms with E-state index in [9.17, 15) is 4.79 Å². The predicted octanol–water partition coefficient (Wildman–Crippen LogP) is -0.359.